The van der Waals surface area contributed by atoms with E-state index in [2.05, 4.69) is 5.32 Å². The van der Waals surface area contributed by atoms with Crippen LogP contribution in [0.3, 0.4) is 0 Å². The number of ether oxygens (including phenoxy) is 1. The van der Waals surface area contributed by atoms with E-state index in [9.17, 15) is 4.79 Å². The van der Waals surface area contributed by atoms with Crippen LogP contribution in [0.2, 0.25) is 5.02 Å². The van der Waals surface area contributed by atoms with Gasteiger partial charge in [0.1, 0.15) is 6.10 Å². The fourth-order valence-electron chi connectivity index (χ4n) is 1.40. The Bertz CT molecular complexity index is 376. The third-order valence-electron chi connectivity index (χ3n) is 2.46. The van der Waals surface area contributed by atoms with Crippen molar-refractivity contribution in [2.75, 3.05) is 6.54 Å². The molecule has 1 atom stereocenters. The number of nitrogens with one attached hydrogen (secondary N) is 1. The van der Waals surface area contributed by atoms with Crippen LogP contribution in [0.4, 0.5) is 0 Å². The van der Waals surface area contributed by atoms with Crippen LogP contribution in [0.25, 0.3) is 0 Å². The number of halogens is 1. The van der Waals surface area contributed by atoms with E-state index < -0.39 is 0 Å². The average molecular weight is 270 g/mol. The van der Waals surface area contributed by atoms with Crippen molar-refractivity contribution in [1.29, 1.82) is 0 Å². The van der Waals surface area contributed by atoms with E-state index in [0.29, 0.717) is 6.54 Å². The first kappa shape index (κ1) is 15.0. The normalized spacial score (nSPS) is 12.5. The molecular weight excluding hydrogens is 250 g/mol. The van der Waals surface area contributed by atoms with Gasteiger partial charge in [-0.1, -0.05) is 37.6 Å². The van der Waals surface area contributed by atoms with Gasteiger partial charge in [-0.05, 0) is 24.6 Å². The fourth-order valence-corrected chi connectivity index (χ4v) is 1.52. The quantitative estimate of drug-likeness (QED) is 0.807. The Hall–Kier alpha value is -1.06. The molecule has 0 saturated carbocycles. The average Bonchev–Trinajstić information content (AvgIpc) is 2.31. The molecule has 0 aliphatic carbocycles. The molecule has 0 aliphatic rings. The molecule has 0 radical (unpaired) electrons. The lowest BCUT2D eigenvalue weighted by Gasteiger charge is -2.15. The van der Waals surface area contributed by atoms with Crippen molar-refractivity contribution in [1.82, 2.24) is 5.32 Å². The van der Waals surface area contributed by atoms with E-state index >= 15 is 0 Å². The summed E-state index contributed by atoms with van der Waals surface area (Å²) in [6.45, 7) is 6.92. The van der Waals surface area contributed by atoms with Crippen LogP contribution in [0.1, 0.15) is 26.3 Å². The minimum atomic E-state index is -0.157. The molecule has 4 heteroatoms. The molecule has 0 saturated heterocycles. The van der Waals surface area contributed by atoms with E-state index in [0.717, 1.165) is 17.1 Å². The first-order chi connectivity index (χ1) is 8.49. The SMILES string of the molecule is CC(CNCc1ccc(Cl)cc1)OC(=O)C(C)C. The molecule has 18 heavy (non-hydrogen) atoms. The molecule has 0 heterocycles. The maximum atomic E-state index is 11.4. The summed E-state index contributed by atoms with van der Waals surface area (Å²) in [7, 11) is 0. The summed E-state index contributed by atoms with van der Waals surface area (Å²) >= 11 is 5.81. The molecule has 1 aromatic rings. The highest BCUT2D eigenvalue weighted by Gasteiger charge is 2.12. The summed E-state index contributed by atoms with van der Waals surface area (Å²) in [6.07, 6.45) is -0.118. The lowest BCUT2D eigenvalue weighted by Crippen LogP contribution is -2.29. The van der Waals surface area contributed by atoms with Crippen LogP contribution in [-0.2, 0) is 16.1 Å². The van der Waals surface area contributed by atoms with Crippen molar-refractivity contribution >= 4 is 17.6 Å². The minimum absolute atomic E-state index is 0.0799. The molecule has 3 nitrogen and oxygen atoms in total. The van der Waals surface area contributed by atoms with E-state index in [1.807, 2.05) is 45.0 Å². The summed E-state index contributed by atoms with van der Waals surface area (Å²) in [5, 5.41) is 3.98. The highest BCUT2D eigenvalue weighted by atomic mass is 35.5. The lowest BCUT2D eigenvalue weighted by molar-refractivity contribution is -0.151. The zero-order chi connectivity index (χ0) is 13.5. The largest absolute Gasteiger partial charge is 0.461 e. The molecule has 0 bridgehead atoms. The predicted molar refractivity (Wildman–Crippen MR) is 73.6 cm³/mol. The second-order valence-electron chi connectivity index (χ2n) is 4.66. The van der Waals surface area contributed by atoms with E-state index in [1.54, 1.807) is 0 Å². The van der Waals surface area contributed by atoms with Crippen molar-refractivity contribution in [3.05, 3.63) is 34.9 Å². The van der Waals surface area contributed by atoms with Crippen molar-refractivity contribution in [3.8, 4) is 0 Å². The molecule has 0 fully saturated rings. The third-order valence-corrected chi connectivity index (χ3v) is 2.71. The maximum Gasteiger partial charge on any atom is 0.308 e. The highest BCUT2D eigenvalue weighted by molar-refractivity contribution is 6.30. The first-order valence-corrected chi connectivity index (χ1v) is 6.52. The molecule has 1 unspecified atom stereocenters. The molecule has 0 spiro atoms. The number of carbonyl (C=O) groups is 1. The van der Waals surface area contributed by atoms with Gasteiger partial charge in [0.25, 0.3) is 0 Å². The first-order valence-electron chi connectivity index (χ1n) is 6.14. The molecule has 1 N–H and O–H groups in total. The van der Waals surface area contributed by atoms with Gasteiger partial charge in [0.05, 0.1) is 5.92 Å². The Morgan fingerprint density at radius 1 is 1.28 bits per heavy atom. The Morgan fingerprint density at radius 2 is 1.89 bits per heavy atom. The van der Waals surface area contributed by atoms with Crippen LogP contribution in [0, 0.1) is 5.92 Å². The van der Waals surface area contributed by atoms with Gasteiger partial charge in [-0.2, -0.15) is 0 Å². The monoisotopic (exact) mass is 269 g/mol. The van der Waals surface area contributed by atoms with Gasteiger partial charge >= 0.3 is 5.97 Å². The molecule has 1 aromatic carbocycles. The summed E-state index contributed by atoms with van der Waals surface area (Å²) in [5.41, 5.74) is 1.15. The number of rotatable bonds is 6. The van der Waals surface area contributed by atoms with Crippen LogP contribution >= 0.6 is 11.6 Å². The summed E-state index contributed by atoms with van der Waals surface area (Å²) in [5.74, 6) is -0.237. The summed E-state index contributed by atoms with van der Waals surface area (Å²) < 4.78 is 5.25. The summed E-state index contributed by atoms with van der Waals surface area (Å²) in [6, 6.07) is 7.67. The number of carbonyl (C=O) groups excluding carboxylic acids is 1. The smallest absolute Gasteiger partial charge is 0.308 e. The Labute approximate surface area is 113 Å². The molecule has 0 aliphatic heterocycles. The van der Waals surface area contributed by atoms with Gasteiger partial charge in [0.15, 0.2) is 0 Å². The van der Waals surface area contributed by atoms with E-state index in [-0.39, 0.29) is 18.0 Å². The van der Waals surface area contributed by atoms with Crippen LogP contribution in [-0.4, -0.2) is 18.6 Å². The van der Waals surface area contributed by atoms with Gasteiger partial charge in [0, 0.05) is 18.1 Å². The number of hydrogen-bond donors (Lipinski definition) is 1. The standard InChI is InChI=1S/C14H20ClNO2/c1-10(2)14(17)18-11(3)8-16-9-12-4-6-13(15)7-5-12/h4-7,10-11,16H,8-9H2,1-3H3. The van der Waals surface area contributed by atoms with Crippen LogP contribution in [0.15, 0.2) is 24.3 Å². The minimum Gasteiger partial charge on any atom is -0.461 e. The second kappa shape index (κ2) is 7.39. The van der Waals surface area contributed by atoms with Gasteiger partial charge in [0.2, 0.25) is 0 Å². The second-order valence-corrected chi connectivity index (χ2v) is 5.10. The van der Waals surface area contributed by atoms with Crippen molar-refractivity contribution < 1.29 is 9.53 Å². The van der Waals surface area contributed by atoms with E-state index in [1.165, 1.54) is 0 Å². The number of hydrogen-bond acceptors (Lipinski definition) is 3. The fraction of sp³-hybridized carbons (Fsp3) is 0.500. The predicted octanol–water partition coefficient (Wildman–Crippen LogP) is 3.02. The topological polar surface area (TPSA) is 38.3 Å². The Morgan fingerprint density at radius 3 is 2.44 bits per heavy atom. The van der Waals surface area contributed by atoms with Gasteiger partial charge in [-0.15, -0.1) is 0 Å². The van der Waals surface area contributed by atoms with Crippen LogP contribution < -0.4 is 5.32 Å². The number of benzene rings is 1. The van der Waals surface area contributed by atoms with E-state index in [4.69, 9.17) is 16.3 Å². The Balaban J connectivity index is 2.25. The van der Waals surface area contributed by atoms with Gasteiger partial charge in [-0.25, -0.2) is 0 Å². The molecule has 100 valence electrons. The van der Waals surface area contributed by atoms with Crippen LogP contribution in [0.5, 0.6) is 0 Å². The van der Waals surface area contributed by atoms with Gasteiger partial charge < -0.3 is 10.1 Å². The lowest BCUT2D eigenvalue weighted by atomic mass is 10.2. The summed E-state index contributed by atoms with van der Waals surface area (Å²) in [4.78, 5) is 11.4. The van der Waals surface area contributed by atoms with Gasteiger partial charge in [-0.3, -0.25) is 4.79 Å². The van der Waals surface area contributed by atoms with Crippen molar-refractivity contribution in [3.63, 3.8) is 0 Å². The zero-order valence-electron chi connectivity index (χ0n) is 11.1. The molecule has 0 amide bonds. The van der Waals surface area contributed by atoms with Crippen molar-refractivity contribution in [2.45, 2.75) is 33.4 Å². The Kier molecular flexibility index (Phi) is 6.16. The third kappa shape index (κ3) is 5.52. The zero-order valence-corrected chi connectivity index (χ0v) is 11.8. The molecular formula is C14H20ClNO2. The van der Waals surface area contributed by atoms with Crippen molar-refractivity contribution in [2.24, 2.45) is 5.92 Å². The molecule has 1 rings (SSSR count). The highest BCUT2D eigenvalue weighted by Crippen LogP contribution is 2.09. The maximum absolute atomic E-state index is 11.4. The molecule has 0 aromatic heterocycles. The number of esters is 1.